The van der Waals surface area contributed by atoms with Crippen molar-refractivity contribution in [1.82, 2.24) is 9.88 Å². The molecule has 4 nitrogen and oxygen atoms in total. The Morgan fingerprint density at radius 1 is 1.33 bits per heavy atom. The predicted molar refractivity (Wildman–Crippen MR) is 85.1 cm³/mol. The molecule has 0 unspecified atom stereocenters. The molecule has 1 N–H and O–H groups in total. The zero-order valence-electron chi connectivity index (χ0n) is 11.2. The third-order valence-electron chi connectivity index (χ3n) is 2.84. The van der Waals surface area contributed by atoms with E-state index in [4.69, 9.17) is 6.42 Å². The lowest BCUT2D eigenvalue weighted by molar-refractivity contribution is 0.0958. The van der Waals surface area contributed by atoms with Crippen molar-refractivity contribution in [1.29, 1.82) is 0 Å². The van der Waals surface area contributed by atoms with E-state index in [1.807, 2.05) is 24.3 Å². The number of hydrogen-bond acceptors (Lipinski definition) is 2. The summed E-state index contributed by atoms with van der Waals surface area (Å²) in [6.45, 7) is 0.554. The minimum absolute atomic E-state index is 0.156. The fourth-order valence-electron chi connectivity index (χ4n) is 1.85. The number of nitrogens with zero attached hydrogens (tertiary/aromatic N) is 1. The first-order valence-electron chi connectivity index (χ1n) is 6.27. The lowest BCUT2D eigenvalue weighted by Gasteiger charge is -2.08. The van der Waals surface area contributed by atoms with Gasteiger partial charge in [0, 0.05) is 16.7 Å². The van der Waals surface area contributed by atoms with Gasteiger partial charge in [-0.25, -0.2) is 0 Å². The van der Waals surface area contributed by atoms with Crippen LogP contribution in [0.4, 0.5) is 0 Å². The van der Waals surface area contributed by atoms with Gasteiger partial charge in [0.25, 0.3) is 11.5 Å². The van der Waals surface area contributed by atoms with E-state index in [1.54, 1.807) is 0 Å². The van der Waals surface area contributed by atoms with Gasteiger partial charge in [-0.3, -0.25) is 9.59 Å². The van der Waals surface area contributed by atoms with E-state index in [0.29, 0.717) is 12.1 Å². The number of nitrogens with one attached hydrogen (secondary N) is 1. The van der Waals surface area contributed by atoms with Crippen molar-refractivity contribution in [2.24, 2.45) is 0 Å². The number of halogens is 1. The number of carbonyl (C=O) groups excluding carboxylic acids is 1. The summed E-state index contributed by atoms with van der Waals surface area (Å²) in [6.07, 6.45) is 6.64. The van der Waals surface area contributed by atoms with E-state index in [1.165, 1.54) is 22.9 Å². The second-order valence-electron chi connectivity index (χ2n) is 4.40. The van der Waals surface area contributed by atoms with Gasteiger partial charge in [-0.1, -0.05) is 34.0 Å². The molecule has 0 saturated heterocycles. The van der Waals surface area contributed by atoms with Crippen LogP contribution in [0.3, 0.4) is 0 Å². The van der Waals surface area contributed by atoms with E-state index >= 15 is 0 Å². The van der Waals surface area contributed by atoms with Crippen molar-refractivity contribution < 1.29 is 4.79 Å². The van der Waals surface area contributed by atoms with Crippen molar-refractivity contribution in [2.75, 3.05) is 6.54 Å². The maximum absolute atomic E-state index is 11.9. The quantitative estimate of drug-likeness (QED) is 0.862. The molecule has 5 heteroatoms. The third kappa shape index (κ3) is 4.07. The minimum Gasteiger partial charge on any atom is -0.341 e. The first kappa shape index (κ1) is 15.1. The molecule has 1 aromatic carbocycles. The van der Waals surface area contributed by atoms with Crippen LogP contribution < -0.4 is 10.9 Å². The Hall–Kier alpha value is -2.32. The molecule has 1 amide bonds. The molecular weight excluding hydrogens is 332 g/mol. The van der Waals surface area contributed by atoms with Gasteiger partial charge in [0.05, 0.1) is 18.7 Å². The molecule has 2 aromatic rings. The number of amides is 1. The molecule has 1 heterocycles. The number of aromatic nitrogens is 1. The SMILES string of the molecule is C#CCNC(=O)c1ccc(=O)n(Cc2cccc(Br)c2)c1. The van der Waals surface area contributed by atoms with Crippen LogP contribution >= 0.6 is 15.9 Å². The molecule has 2 rings (SSSR count). The summed E-state index contributed by atoms with van der Waals surface area (Å²) in [6, 6.07) is 10.5. The highest BCUT2D eigenvalue weighted by Crippen LogP contribution is 2.12. The summed E-state index contributed by atoms with van der Waals surface area (Å²) in [5.41, 5.74) is 1.20. The third-order valence-corrected chi connectivity index (χ3v) is 3.33. The lowest BCUT2D eigenvalue weighted by Crippen LogP contribution is -2.27. The van der Waals surface area contributed by atoms with Crippen molar-refractivity contribution in [3.63, 3.8) is 0 Å². The molecule has 106 valence electrons. The van der Waals surface area contributed by atoms with Crippen molar-refractivity contribution in [3.05, 3.63) is 68.5 Å². The molecule has 0 aliphatic carbocycles. The number of carbonyl (C=O) groups is 1. The van der Waals surface area contributed by atoms with Crippen LogP contribution in [0.1, 0.15) is 15.9 Å². The number of terminal acetylenes is 1. The average molecular weight is 345 g/mol. The minimum atomic E-state index is -0.295. The van der Waals surface area contributed by atoms with Gasteiger partial charge in [-0.05, 0) is 23.8 Å². The molecule has 0 bridgehead atoms. The fourth-order valence-corrected chi connectivity index (χ4v) is 2.30. The van der Waals surface area contributed by atoms with Gasteiger partial charge in [0.2, 0.25) is 0 Å². The molecule has 0 radical (unpaired) electrons. The molecule has 0 saturated carbocycles. The molecule has 0 atom stereocenters. The molecule has 1 aromatic heterocycles. The molecule has 21 heavy (non-hydrogen) atoms. The van der Waals surface area contributed by atoms with E-state index in [0.717, 1.165) is 10.0 Å². The molecular formula is C16H13BrN2O2. The summed E-state index contributed by atoms with van der Waals surface area (Å²) in [4.78, 5) is 23.7. The Labute approximate surface area is 130 Å². The summed E-state index contributed by atoms with van der Waals surface area (Å²) >= 11 is 3.39. The van der Waals surface area contributed by atoms with Crippen LogP contribution in [0.2, 0.25) is 0 Å². The topological polar surface area (TPSA) is 51.1 Å². The zero-order valence-corrected chi connectivity index (χ0v) is 12.8. The van der Waals surface area contributed by atoms with E-state index in [2.05, 4.69) is 27.2 Å². The molecule has 0 fully saturated rings. The van der Waals surface area contributed by atoms with Crippen LogP contribution in [-0.4, -0.2) is 17.0 Å². The number of pyridine rings is 1. The first-order valence-corrected chi connectivity index (χ1v) is 7.06. The Morgan fingerprint density at radius 3 is 2.86 bits per heavy atom. The van der Waals surface area contributed by atoms with E-state index in [9.17, 15) is 9.59 Å². The van der Waals surface area contributed by atoms with Crippen LogP contribution in [0.25, 0.3) is 0 Å². The number of benzene rings is 1. The summed E-state index contributed by atoms with van der Waals surface area (Å²) in [5.74, 6) is 2.04. The second-order valence-corrected chi connectivity index (χ2v) is 5.32. The van der Waals surface area contributed by atoms with Crippen LogP contribution in [0.5, 0.6) is 0 Å². The van der Waals surface area contributed by atoms with Gasteiger partial charge >= 0.3 is 0 Å². The summed E-state index contributed by atoms with van der Waals surface area (Å²) in [5, 5.41) is 2.57. The molecule has 0 aliphatic rings. The van der Waals surface area contributed by atoms with Crippen molar-refractivity contribution in [2.45, 2.75) is 6.54 Å². The normalized spacial score (nSPS) is 9.90. The Kier molecular flexibility index (Phi) is 4.96. The highest BCUT2D eigenvalue weighted by Gasteiger charge is 2.07. The summed E-state index contributed by atoms with van der Waals surface area (Å²) < 4.78 is 2.43. The Balaban J connectivity index is 2.26. The van der Waals surface area contributed by atoms with E-state index in [-0.39, 0.29) is 18.0 Å². The molecule has 0 aliphatic heterocycles. The lowest BCUT2D eigenvalue weighted by atomic mass is 10.2. The number of rotatable bonds is 4. The predicted octanol–water partition coefficient (Wildman–Crippen LogP) is 2.02. The summed E-state index contributed by atoms with van der Waals surface area (Å²) in [7, 11) is 0. The average Bonchev–Trinajstić information content (AvgIpc) is 2.47. The van der Waals surface area contributed by atoms with Crippen LogP contribution in [0.15, 0.2) is 51.9 Å². The van der Waals surface area contributed by atoms with Gasteiger partial charge in [0.1, 0.15) is 0 Å². The highest BCUT2D eigenvalue weighted by molar-refractivity contribution is 9.10. The van der Waals surface area contributed by atoms with Crippen molar-refractivity contribution in [3.8, 4) is 12.3 Å². The standard InChI is InChI=1S/C16H13BrN2O2/c1-2-8-18-16(21)13-6-7-15(20)19(11-13)10-12-4-3-5-14(17)9-12/h1,3-7,9,11H,8,10H2,(H,18,21). The van der Waals surface area contributed by atoms with Gasteiger partial charge in [-0.15, -0.1) is 6.42 Å². The first-order chi connectivity index (χ1) is 10.1. The van der Waals surface area contributed by atoms with Crippen LogP contribution in [-0.2, 0) is 6.54 Å². The zero-order chi connectivity index (χ0) is 15.2. The van der Waals surface area contributed by atoms with Gasteiger partial charge < -0.3 is 9.88 Å². The smallest absolute Gasteiger partial charge is 0.253 e. The maximum atomic E-state index is 11.9. The second kappa shape index (κ2) is 6.91. The van der Waals surface area contributed by atoms with Crippen LogP contribution in [0, 0.1) is 12.3 Å². The maximum Gasteiger partial charge on any atom is 0.253 e. The van der Waals surface area contributed by atoms with Gasteiger partial charge in [-0.2, -0.15) is 0 Å². The Bertz CT molecular complexity index is 759. The fraction of sp³-hybridized carbons (Fsp3) is 0.125. The van der Waals surface area contributed by atoms with E-state index < -0.39 is 0 Å². The van der Waals surface area contributed by atoms with Gasteiger partial charge in [0.15, 0.2) is 0 Å². The highest BCUT2D eigenvalue weighted by atomic mass is 79.9. The number of hydrogen-bond donors (Lipinski definition) is 1. The monoisotopic (exact) mass is 344 g/mol. The molecule has 0 spiro atoms. The van der Waals surface area contributed by atoms with Crippen molar-refractivity contribution >= 4 is 21.8 Å². The largest absolute Gasteiger partial charge is 0.341 e. The Morgan fingerprint density at radius 2 is 2.14 bits per heavy atom.